The molecule has 1 amide bonds. The summed E-state index contributed by atoms with van der Waals surface area (Å²) < 4.78 is 27.9. The van der Waals surface area contributed by atoms with Crippen molar-refractivity contribution in [3.8, 4) is 0 Å². The van der Waals surface area contributed by atoms with Crippen LogP contribution in [0.15, 0.2) is 34.2 Å². The highest BCUT2D eigenvalue weighted by Crippen LogP contribution is 2.18. The van der Waals surface area contributed by atoms with E-state index in [4.69, 9.17) is 9.88 Å². The monoisotopic (exact) mass is 427 g/mol. The van der Waals surface area contributed by atoms with Gasteiger partial charge in [0.05, 0.1) is 18.0 Å². The quantitative estimate of drug-likeness (QED) is 0.369. The topological polar surface area (TPSA) is 126 Å². The zero-order valence-electron chi connectivity index (χ0n) is 17.9. The van der Waals surface area contributed by atoms with E-state index in [2.05, 4.69) is 29.5 Å². The lowest BCUT2D eigenvalue weighted by Gasteiger charge is -2.26. The Hall–Kier alpha value is -2.17. The summed E-state index contributed by atoms with van der Waals surface area (Å²) in [5, 5.41) is 11.4. The minimum Gasteiger partial charge on any atom is -0.385 e. The third-order valence-electron chi connectivity index (χ3n) is 4.29. The second-order valence-corrected chi connectivity index (χ2v) is 9.32. The number of aliphatic imine (C=N–C) groups is 1. The number of sulfonamides is 1. The summed E-state index contributed by atoms with van der Waals surface area (Å²) in [4.78, 5) is 18.0. The van der Waals surface area contributed by atoms with E-state index in [-0.39, 0.29) is 22.8 Å². The van der Waals surface area contributed by atoms with Crippen LogP contribution in [0.4, 0.5) is 0 Å². The van der Waals surface area contributed by atoms with Crippen LogP contribution < -0.4 is 15.8 Å². The van der Waals surface area contributed by atoms with Crippen LogP contribution in [0.5, 0.6) is 0 Å². The largest absolute Gasteiger partial charge is 0.385 e. The number of primary sulfonamides is 1. The summed E-state index contributed by atoms with van der Waals surface area (Å²) >= 11 is 0. The lowest BCUT2D eigenvalue weighted by Crippen LogP contribution is -2.45. The molecule has 0 heterocycles. The molecule has 10 heteroatoms. The third-order valence-corrected chi connectivity index (χ3v) is 5.22. The summed E-state index contributed by atoms with van der Waals surface area (Å²) in [5.41, 5.74) is 0.789. The molecule has 0 saturated heterocycles. The highest BCUT2D eigenvalue weighted by atomic mass is 32.2. The standard InChI is InChI=1S/C19H33N5O4S/c1-19(2,10-11-28-5)14-23-18(22-13-17(25)24(3)4)21-12-15-6-8-16(9-7-15)29(20,26)27/h6-9H,10-14H2,1-5H3,(H2,20,26,27)(H2,21,22,23). The van der Waals surface area contributed by atoms with Gasteiger partial charge in [-0.1, -0.05) is 26.0 Å². The number of carbonyl (C=O) groups is 1. The Kier molecular flexibility index (Phi) is 9.54. The van der Waals surface area contributed by atoms with Gasteiger partial charge in [0.2, 0.25) is 15.9 Å². The van der Waals surface area contributed by atoms with Crippen molar-refractivity contribution >= 4 is 21.9 Å². The normalized spacial score (nSPS) is 12.6. The van der Waals surface area contributed by atoms with Crippen molar-refractivity contribution in [1.29, 1.82) is 0 Å². The average Bonchev–Trinajstić information content (AvgIpc) is 2.65. The van der Waals surface area contributed by atoms with Crippen molar-refractivity contribution in [2.75, 3.05) is 40.9 Å². The van der Waals surface area contributed by atoms with Crippen LogP contribution in [-0.2, 0) is 26.1 Å². The highest BCUT2D eigenvalue weighted by molar-refractivity contribution is 7.89. The fraction of sp³-hybridized carbons (Fsp3) is 0.579. The lowest BCUT2D eigenvalue weighted by molar-refractivity contribution is -0.127. The van der Waals surface area contributed by atoms with E-state index in [1.807, 2.05) is 0 Å². The molecule has 0 aliphatic rings. The van der Waals surface area contributed by atoms with E-state index < -0.39 is 10.0 Å². The van der Waals surface area contributed by atoms with Gasteiger partial charge in [-0.2, -0.15) is 0 Å². The SMILES string of the molecule is COCCC(C)(C)CNC(=NCc1ccc(S(N)(=O)=O)cc1)NCC(=O)N(C)C. The fourth-order valence-corrected chi connectivity index (χ4v) is 2.75. The van der Waals surface area contributed by atoms with E-state index in [0.717, 1.165) is 12.0 Å². The molecule has 1 aromatic carbocycles. The number of hydrogen-bond acceptors (Lipinski definition) is 5. The van der Waals surface area contributed by atoms with E-state index >= 15 is 0 Å². The van der Waals surface area contributed by atoms with Crippen molar-refractivity contribution in [2.24, 2.45) is 15.5 Å². The summed E-state index contributed by atoms with van der Waals surface area (Å²) in [5.74, 6) is 0.428. The molecule has 0 aliphatic heterocycles. The molecule has 9 nitrogen and oxygen atoms in total. The van der Waals surface area contributed by atoms with Crippen molar-refractivity contribution < 1.29 is 17.9 Å². The molecule has 0 spiro atoms. The maximum absolute atomic E-state index is 11.9. The first-order valence-electron chi connectivity index (χ1n) is 9.27. The number of nitrogens with zero attached hydrogens (tertiary/aromatic N) is 2. The van der Waals surface area contributed by atoms with Gasteiger partial charge in [-0.3, -0.25) is 4.79 Å². The minimum absolute atomic E-state index is 0.0266. The number of hydrogen-bond donors (Lipinski definition) is 3. The number of methoxy groups -OCH3 is 1. The predicted molar refractivity (Wildman–Crippen MR) is 114 cm³/mol. The molecule has 0 fully saturated rings. The molecule has 4 N–H and O–H groups in total. The number of likely N-dealkylation sites (N-methyl/N-ethyl adjacent to an activating group) is 1. The molecule has 0 unspecified atom stereocenters. The van der Waals surface area contributed by atoms with Crippen molar-refractivity contribution in [1.82, 2.24) is 15.5 Å². The second kappa shape index (κ2) is 11.1. The number of nitrogens with two attached hydrogens (primary N) is 1. The van der Waals surface area contributed by atoms with E-state index in [1.165, 1.54) is 17.0 Å². The van der Waals surface area contributed by atoms with Gasteiger partial charge in [0.1, 0.15) is 0 Å². The Morgan fingerprint density at radius 1 is 1.21 bits per heavy atom. The molecule has 29 heavy (non-hydrogen) atoms. The van der Waals surface area contributed by atoms with Gasteiger partial charge in [0.25, 0.3) is 0 Å². The van der Waals surface area contributed by atoms with E-state index in [1.54, 1.807) is 33.3 Å². The van der Waals surface area contributed by atoms with Crippen LogP contribution in [0.3, 0.4) is 0 Å². The van der Waals surface area contributed by atoms with Crippen LogP contribution in [0, 0.1) is 5.41 Å². The predicted octanol–water partition coefficient (Wildman–Crippen LogP) is 0.520. The number of rotatable bonds is 10. The summed E-state index contributed by atoms with van der Waals surface area (Å²) in [7, 11) is 1.33. The summed E-state index contributed by atoms with van der Waals surface area (Å²) in [6.07, 6.45) is 0.870. The number of carbonyl (C=O) groups excluding carboxylic acids is 1. The van der Waals surface area contributed by atoms with Gasteiger partial charge < -0.3 is 20.3 Å². The highest BCUT2D eigenvalue weighted by Gasteiger charge is 2.18. The molecule has 0 radical (unpaired) electrons. The zero-order valence-corrected chi connectivity index (χ0v) is 18.7. The van der Waals surface area contributed by atoms with Gasteiger partial charge in [-0.25, -0.2) is 18.5 Å². The number of ether oxygens (including phenoxy) is 1. The first-order valence-corrected chi connectivity index (χ1v) is 10.8. The minimum atomic E-state index is -3.72. The summed E-state index contributed by atoms with van der Waals surface area (Å²) in [6, 6.07) is 6.22. The van der Waals surface area contributed by atoms with Gasteiger partial charge >= 0.3 is 0 Å². The van der Waals surface area contributed by atoms with E-state index in [9.17, 15) is 13.2 Å². The van der Waals surface area contributed by atoms with Crippen LogP contribution in [0.2, 0.25) is 0 Å². The van der Waals surface area contributed by atoms with Crippen LogP contribution in [0.25, 0.3) is 0 Å². The Morgan fingerprint density at radius 3 is 2.34 bits per heavy atom. The summed E-state index contributed by atoms with van der Waals surface area (Å²) in [6.45, 7) is 5.96. The maximum atomic E-state index is 11.9. The van der Waals surface area contributed by atoms with Crippen molar-refractivity contribution in [3.05, 3.63) is 29.8 Å². The number of nitrogens with one attached hydrogen (secondary N) is 2. The van der Waals surface area contributed by atoms with Crippen LogP contribution in [-0.4, -0.2) is 66.1 Å². The molecular weight excluding hydrogens is 394 g/mol. The smallest absolute Gasteiger partial charge is 0.241 e. The number of guanidine groups is 1. The first-order chi connectivity index (χ1) is 13.4. The zero-order chi connectivity index (χ0) is 22.1. The third kappa shape index (κ3) is 9.73. The Balaban J connectivity index is 2.84. The first kappa shape index (κ1) is 24.9. The van der Waals surface area contributed by atoms with Gasteiger partial charge in [0, 0.05) is 34.4 Å². The number of benzene rings is 1. The van der Waals surface area contributed by atoms with Crippen LogP contribution in [0.1, 0.15) is 25.8 Å². The van der Waals surface area contributed by atoms with E-state index in [0.29, 0.717) is 25.7 Å². The molecule has 0 saturated carbocycles. The lowest BCUT2D eigenvalue weighted by atomic mass is 9.90. The molecule has 0 aromatic heterocycles. The molecule has 0 aliphatic carbocycles. The maximum Gasteiger partial charge on any atom is 0.241 e. The van der Waals surface area contributed by atoms with Crippen molar-refractivity contribution in [2.45, 2.75) is 31.7 Å². The molecular formula is C19H33N5O4S. The van der Waals surface area contributed by atoms with Gasteiger partial charge in [0.15, 0.2) is 5.96 Å². The average molecular weight is 428 g/mol. The Morgan fingerprint density at radius 2 is 1.83 bits per heavy atom. The fourth-order valence-electron chi connectivity index (χ4n) is 2.24. The molecule has 0 atom stereocenters. The van der Waals surface area contributed by atoms with Crippen LogP contribution >= 0.6 is 0 Å². The Labute approximate surface area is 173 Å². The molecule has 0 bridgehead atoms. The van der Waals surface area contributed by atoms with Crippen molar-refractivity contribution in [3.63, 3.8) is 0 Å². The Bertz CT molecular complexity index is 789. The molecule has 1 rings (SSSR count). The molecule has 1 aromatic rings. The second-order valence-electron chi connectivity index (χ2n) is 7.76. The number of amides is 1. The van der Waals surface area contributed by atoms with Gasteiger partial charge in [-0.15, -0.1) is 0 Å². The van der Waals surface area contributed by atoms with Gasteiger partial charge in [-0.05, 0) is 29.5 Å². The molecule has 164 valence electrons.